The van der Waals surface area contributed by atoms with Gasteiger partial charge >= 0.3 is 12.2 Å². The van der Waals surface area contributed by atoms with E-state index in [1.54, 1.807) is 6.07 Å². The van der Waals surface area contributed by atoms with Crippen molar-refractivity contribution in [1.82, 2.24) is 4.90 Å². The maximum absolute atomic E-state index is 15.3. The lowest BCUT2D eigenvalue weighted by Crippen LogP contribution is -2.42. The fourth-order valence-electron chi connectivity index (χ4n) is 4.83. The minimum absolute atomic E-state index is 0.0622. The Bertz CT molecular complexity index is 1900. The van der Waals surface area contributed by atoms with E-state index in [9.17, 15) is 41.1 Å². The van der Waals surface area contributed by atoms with Gasteiger partial charge in [0.15, 0.2) is 5.82 Å². The first-order valence-electron chi connectivity index (χ1n) is 14.0. The van der Waals surface area contributed by atoms with Crippen molar-refractivity contribution in [3.05, 3.63) is 87.7 Å². The van der Waals surface area contributed by atoms with Crippen molar-refractivity contribution in [2.24, 2.45) is 11.8 Å². The zero-order valence-corrected chi connectivity index (χ0v) is 27.3. The van der Waals surface area contributed by atoms with Gasteiger partial charge in [-0.3, -0.25) is 19.3 Å². The van der Waals surface area contributed by atoms with Crippen molar-refractivity contribution in [3.63, 3.8) is 0 Å². The highest BCUT2D eigenvalue weighted by molar-refractivity contribution is 6.53. The van der Waals surface area contributed by atoms with Gasteiger partial charge in [-0.2, -0.15) is 18.4 Å². The summed E-state index contributed by atoms with van der Waals surface area (Å²) in [5.74, 6) is -10.7. The zero-order chi connectivity index (χ0) is 36.6. The average molecular weight is 749 g/mol. The Morgan fingerprint density at radius 2 is 1.63 bits per heavy atom. The number of anilines is 3. The van der Waals surface area contributed by atoms with E-state index >= 15 is 4.39 Å². The third-order valence-electron chi connectivity index (χ3n) is 7.43. The first-order chi connectivity index (χ1) is 22.8. The molecule has 5 amide bonds. The SMILES string of the molecule is CCN(C(=O)Nc1c(F)ccc(NC(=O)c2cc(NC(=O)[C@H]3[C@H](c4ccc(F)c(C(F)(F)F)c4)C3(Cl)Cl)ccc2Cl)c1F)C(=O)C(C)C#N. The summed E-state index contributed by atoms with van der Waals surface area (Å²) in [6.45, 7) is 2.40. The van der Waals surface area contributed by atoms with Crippen LogP contribution in [0.25, 0.3) is 0 Å². The molecular formula is C31H22Cl3F6N5O4. The van der Waals surface area contributed by atoms with Crippen LogP contribution in [0.1, 0.15) is 41.3 Å². The highest BCUT2D eigenvalue weighted by Gasteiger charge is 2.67. The van der Waals surface area contributed by atoms with Crippen LogP contribution in [0.3, 0.4) is 0 Å². The fourth-order valence-corrected chi connectivity index (χ4v) is 5.87. The molecule has 1 fully saturated rings. The van der Waals surface area contributed by atoms with Gasteiger partial charge in [0, 0.05) is 18.2 Å². The van der Waals surface area contributed by atoms with E-state index in [1.165, 1.54) is 26.0 Å². The lowest BCUT2D eigenvalue weighted by atomic mass is 10.0. The lowest BCUT2D eigenvalue weighted by Gasteiger charge is -2.21. The van der Waals surface area contributed by atoms with Crippen LogP contribution in [0.2, 0.25) is 5.02 Å². The Balaban J connectivity index is 1.52. The molecule has 0 spiro atoms. The molecule has 1 unspecified atom stereocenters. The summed E-state index contributed by atoms with van der Waals surface area (Å²) < 4.78 is 81.5. The maximum atomic E-state index is 15.3. The molecule has 0 heterocycles. The van der Waals surface area contributed by atoms with Gasteiger partial charge in [-0.05, 0) is 61.9 Å². The molecule has 258 valence electrons. The summed E-state index contributed by atoms with van der Waals surface area (Å²) in [6, 6.07) is 7.61. The van der Waals surface area contributed by atoms with Crippen LogP contribution in [0.5, 0.6) is 0 Å². The first kappa shape index (κ1) is 37.3. The number of alkyl halides is 5. The minimum atomic E-state index is -5.02. The second kappa shape index (κ2) is 14.1. The summed E-state index contributed by atoms with van der Waals surface area (Å²) in [6.07, 6.45) is -5.02. The van der Waals surface area contributed by atoms with Crippen LogP contribution < -0.4 is 16.0 Å². The molecule has 0 aromatic heterocycles. The molecular weight excluding hydrogens is 727 g/mol. The molecule has 0 bridgehead atoms. The number of nitrogens with one attached hydrogen (secondary N) is 3. The van der Waals surface area contributed by atoms with E-state index in [4.69, 9.17) is 40.1 Å². The molecule has 3 aromatic rings. The number of carbonyl (C=O) groups excluding carboxylic acids is 4. The monoisotopic (exact) mass is 747 g/mol. The van der Waals surface area contributed by atoms with Gasteiger partial charge in [-0.25, -0.2) is 18.0 Å². The topological polar surface area (TPSA) is 131 Å². The normalized spacial score (nSPS) is 16.9. The number of halogens is 9. The van der Waals surface area contributed by atoms with Crippen molar-refractivity contribution in [2.45, 2.75) is 30.3 Å². The van der Waals surface area contributed by atoms with Crippen LogP contribution in [-0.4, -0.2) is 39.5 Å². The van der Waals surface area contributed by atoms with Gasteiger partial charge in [0.2, 0.25) is 11.8 Å². The van der Waals surface area contributed by atoms with E-state index in [1.807, 2.05) is 5.32 Å². The zero-order valence-electron chi connectivity index (χ0n) is 25.0. The van der Waals surface area contributed by atoms with Gasteiger partial charge in [0.25, 0.3) is 5.91 Å². The minimum Gasteiger partial charge on any atom is -0.326 e. The molecule has 0 radical (unpaired) electrons. The summed E-state index contributed by atoms with van der Waals surface area (Å²) in [5.41, 5.74) is -3.74. The molecule has 4 rings (SSSR count). The number of nitriles is 1. The van der Waals surface area contributed by atoms with E-state index in [0.29, 0.717) is 17.0 Å². The van der Waals surface area contributed by atoms with Crippen LogP contribution in [0.15, 0.2) is 48.5 Å². The van der Waals surface area contributed by atoms with Crippen molar-refractivity contribution in [2.75, 3.05) is 22.5 Å². The highest BCUT2D eigenvalue weighted by atomic mass is 35.5. The van der Waals surface area contributed by atoms with Crippen molar-refractivity contribution in [1.29, 1.82) is 5.26 Å². The maximum Gasteiger partial charge on any atom is 0.419 e. The number of nitrogens with zero attached hydrogens (tertiary/aromatic N) is 2. The molecule has 1 saturated carbocycles. The number of benzene rings is 3. The number of hydrogen-bond donors (Lipinski definition) is 3. The largest absolute Gasteiger partial charge is 0.419 e. The molecule has 0 aliphatic heterocycles. The second-order valence-electron chi connectivity index (χ2n) is 10.7. The van der Waals surface area contributed by atoms with Gasteiger partial charge in [-0.15, -0.1) is 23.2 Å². The summed E-state index contributed by atoms with van der Waals surface area (Å²) >= 11 is 18.6. The summed E-state index contributed by atoms with van der Waals surface area (Å²) in [4.78, 5) is 51.7. The molecule has 9 nitrogen and oxygen atoms in total. The predicted octanol–water partition coefficient (Wildman–Crippen LogP) is 8.09. The fraction of sp³-hybridized carbons (Fsp3) is 0.258. The molecule has 3 aromatic carbocycles. The van der Waals surface area contributed by atoms with E-state index < -0.39 is 86.4 Å². The third-order valence-corrected chi connectivity index (χ3v) is 8.70. The first-order valence-corrected chi connectivity index (χ1v) is 15.1. The number of urea groups is 1. The van der Waals surface area contributed by atoms with E-state index in [2.05, 4.69) is 10.6 Å². The Hall–Kier alpha value is -4.52. The summed E-state index contributed by atoms with van der Waals surface area (Å²) in [5, 5.41) is 15.3. The average Bonchev–Trinajstić information content (AvgIpc) is 3.62. The Morgan fingerprint density at radius 1 is 0.980 bits per heavy atom. The number of hydrogen-bond acceptors (Lipinski definition) is 5. The Morgan fingerprint density at radius 3 is 2.24 bits per heavy atom. The Kier molecular flexibility index (Phi) is 10.8. The van der Waals surface area contributed by atoms with Crippen molar-refractivity contribution in [3.8, 4) is 6.07 Å². The molecule has 18 heteroatoms. The number of rotatable bonds is 8. The van der Waals surface area contributed by atoms with Crippen LogP contribution in [-0.2, 0) is 15.8 Å². The predicted molar refractivity (Wildman–Crippen MR) is 168 cm³/mol. The standard InChI is InChI=1S/C31H22Cl3F6N5O4/c1-3-45(28(48)13(2)12-41)29(49)44-25-20(36)8-9-21(24(25)37)43-26(46)16-11-15(5-6-18(16)32)42-27(47)23-22(30(23,33)34)14-4-7-19(35)17(10-14)31(38,39)40/h4-11,13,22-23H,3H2,1-2H3,(H,42,47)(H,43,46)(H,44,49)/t13?,22-,23+/m0/s1. The number of carbonyl (C=O) groups is 4. The molecule has 1 aliphatic rings. The molecule has 49 heavy (non-hydrogen) atoms. The van der Waals surface area contributed by atoms with Crippen LogP contribution in [0, 0.1) is 40.6 Å². The smallest absolute Gasteiger partial charge is 0.326 e. The molecule has 1 aliphatic carbocycles. The van der Waals surface area contributed by atoms with Gasteiger partial charge in [0.1, 0.15) is 27.6 Å². The molecule has 3 atom stereocenters. The lowest BCUT2D eigenvalue weighted by molar-refractivity contribution is -0.140. The van der Waals surface area contributed by atoms with Gasteiger partial charge in [0.05, 0.1) is 33.8 Å². The second-order valence-corrected chi connectivity index (χ2v) is 12.5. The quantitative estimate of drug-likeness (QED) is 0.158. The van der Waals surface area contributed by atoms with Gasteiger partial charge < -0.3 is 16.0 Å². The number of amides is 5. The van der Waals surface area contributed by atoms with Gasteiger partial charge in [-0.1, -0.05) is 17.7 Å². The number of imide groups is 1. The Labute approximate surface area is 289 Å². The molecule has 3 N–H and O–H groups in total. The highest BCUT2D eigenvalue weighted by Crippen LogP contribution is 2.65. The summed E-state index contributed by atoms with van der Waals surface area (Å²) in [7, 11) is 0. The van der Waals surface area contributed by atoms with Crippen LogP contribution in [0.4, 0.5) is 48.2 Å². The van der Waals surface area contributed by atoms with Crippen molar-refractivity contribution < 1.29 is 45.5 Å². The van der Waals surface area contributed by atoms with E-state index in [-0.39, 0.29) is 28.4 Å². The third kappa shape index (κ3) is 7.71. The van der Waals surface area contributed by atoms with Crippen LogP contribution >= 0.6 is 34.8 Å². The van der Waals surface area contributed by atoms with E-state index in [0.717, 1.165) is 24.3 Å². The molecule has 0 saturated heterocycles. The van der Waals surface area contributed by atoms with Crippen molar-refractivity contribution >= 4 is 75.6 Å².